The Kier molecular flexibility index (Phi) is 2.11. The minimum absolute atomic E-state index is 0.259. The molecule has 1 aliphatic rings. The largest absolute Gasteiger partial charge is 0.478 e. The van der Waals surface area contributed by atoms with Crippen LogP contribution in [0.5, 0.6) is 0 Å². The molecule has 1 aliphatic carbocycles. The van der Waals surface area contributed by atoms with Crippen molar-refractivity contribution >= 4 is 5.97 Å². The summed E-state index contributed by atoms with van der Waals surface area (Å²) in [4.78, 5) is 10.5. The Morgan fingerprint density at radius 3 is 2.91 bits per heavy atom. The number of carboxylic acid groups (broad SMARTS) is 1. The molecule has 0 saturated carbocycles. The Morgan fingerprint density at radius 2 is 2.27 bits per heavy atom. The van der Waals surface area contributed by atoms with Gasteiger partial charge in [-0.05, 0) is 12.5 Å². The summed E-state index contributed by atoms with van der Waals surface area (Å²) in [5, 5.41) is 8.63. The number of hydrogen-bond acceptors (Lipinski definition) is 2. The summed E-state index contributed by atoms with van der Waals surface area (Å²) >= 11 is 0. The molecule has 0 aliphatic heterocycles. The number of hydrogen-bond donors (Lipinski definition) is 2. The predicted octanol–water partition coefficient (Wildman–Crippen LogP) is 0.800. The fraction of sp³-hybridized carbons (Fsp3) is 0.125. The highest BCUT2D eigenvalue weighted by molar-refractivity contribution is 5.88. The summed E-state index contributed by atoms with van der Waals surface area (Å²) in [7, 11) is 0. The van der Waals surface area contributed by atoms with Crippen LogP contribution in [0.15, 0.2) is 35.6 Å². The number of carbonyl (C=O) groups is 1. The molecule has 11 heavy (non-hydrogen) atoms. The van der Waals surface area contributed by atoms with Crippen molar-refractivity contribution in [3.63, 3.8) is 0 Å². The fourth-order valence-corrected chi connectivity index (χ4v) is 0.853. The Balaban J connectivity index is 2.98. The topological polar surface area (TPSA) is 63.3 Å². The first kappa shape index (κ1) is 7.60. The molecule has 0 radical (unpaired) electrons. The molecule has 0 aromatic rings. The first-order valence-corrected chi connectivity index (χ1v) is 3.27. The molecule has 0 saturated heterocycles. The molecule has 58 valence electrons. The van der Waals surface area contributed by atoms with Gasteiger partial charge in [-0.2, -0.15) is 0 Å². The van der Waals surface area contributed by atoms with Gasteiger partial charge in [0.25, 0.3) is 0 Å². The van der Waals surface area contributed by atoms with Crippen molar-refractivity contribution in [2.24, 2.45) is 5.73 Å². The monoisotopic (exact) mass is 151 g/mol. The first-order chi connectivity index (χ1) is 5.22. The van der Waals surface area contributed by atoms with Gasteiger partial charge in [-0.25, -0.2) is 4.79 Å². The summed E-state index contributed by atoms with van der Waals surface area (Å²) in [6.07, 6.45) is 7.26. The highest BCUT2D eigenvalue weighted by Gasteiger charge is 2.09. The zero-order chi connectivity index (χ0) is 8.27. The lowest BCUT2D eigenvalue weighted by Gasteiger charge is -1.98. The normalized spacial score (nSPS) is 16.7. The van der Waals surface area contributed by atoms with E-state index in [4.69, 9.17) is 10.8 Å². The quantitative estimate of drug-likeness (QED) is 0.582. The van der Waals surface area contributed by atoms with Gasteiger partial charge >= 0.3 is 5.97 Å². The van der Waals surface area contributed by atoms with Crippen molar-refractivity contribution in [3.05, 3.63) is 35.6 Å². The van der Waals surface area contributed by atoms with Crippen LogP contribution in [-0.2, 0) is 4.79 Å². The van der Waals surface area contributed by atoms with Gasteiger partial charge in [0.05, 0.1) is 5.57 Å². The van der Waals surface area contributed by atoms with Crippen LogP contribution in [0.1, 0.15) is 6.42 Å². The highest BCUT2D eigenvalue weighted by Crippen LogP contribution is 2.10. The molecule has 0 heterocycles. The summed E-state index contributed by atoms with van der Waals surface area (Å²) in [5.74, 6) is -0.946. The minimum atomic E-state index is -0.946. The van der Waals surface area contributed by atoms with Crippen molar-refractivity contribution in [2.45, 2.75) is 6.42 Å². The average Bonchev–Trinajstić information content (AvgIpc) is 2.13. The molecule has 0 bridgehead atoms. The SMILES string of the molecule is NC1=C(C(=O)O)CC=CC=C1. The summed E-state index contributed by atoms with van der Waals surface area (Å²) < 4.78 is 0. The van der Waals surface area contributed by atoms with Crippen molar-refractivity contribution in [1.82, 2.24) is 0 Å². The van der Waals surface area contributed by atoms with E-state index >= 15 is 0 Å². The third-order valence-corrected chi connectivity index (χ3v) is 1.45. The van der Waals surface area contributed by atoms with Crippen LogP contribution in [-0.4, -0.2) is 11.1 Å². The summed E-state index contributed by atoms with van der Waals surface area (Å²) in [6, 6.07) is 0. The van der Waals surface area contributed by atoms with Crippen molar-refractivity contribution in [2.75, 3.05) is 0 Å². The van der Waals surface area contributed by atoms with Crippen LogP contribution in [0, 0.1) is 0 Å². The maximum absolute atomic E-state index is 10.5. The van der Waals surface area contributed by atoms with E-state index in [0.717, 1.165) is 0 Å². The molecular formula is C8H9NO2. The Labute approximate surface area is 64.5 Å². The Hall–Kier alpha value is -1.51. The second-order valence-corrected chi connectivity index (χ2v) is 2.23. The van der Waals surface area contributed by atoms with Crippen LogP contribution in [0.3, 0.4) is 0 Å². The van der Waals surface area contributed by atoms with Gasteiger partial charge in [0.2, 0.25) is 0 Å². The molecule has 0 amide bonds. The second kappa shape index (κ2) is 3.05. The lowest BCUT2D eigenvalue weighted by Crippen LogP contribution is -2.07. The molecule has 3 heteroatoms. The lowest BCUT2D eigenvalue weighted by molar-refractivity contribution is -0.132. The van der Waals surface area contributed by atoms with E-state index in [9.17, 15) is 4.79 Å². The molecule has 0 atom stereocenters. The number of rotatable bonds is 1. The average molecular weight is 151 g/mol. The molecule has 3 nitrogen and oxygen atoms in total. The molecule has 3 N–H and O–H groups in total. The van der Waals surface area contributed by atoms with E-state index in [-0.39, 0.29) is 5.57 Å². The molecule has 1 rings (SSSR count). The number of nitrogens with two attached hydrogens (primary N) is 1. The number of allylic oxidation sites excluding steroid dienone is 4. The Morgan fingerprint density at radius 1 is 1.55 bits per heavy atom. The number of aliphatic carboxylic acids is 1. The van der Waals surface area contributed by atoms with Crippen LogP contribution >= 0.6 is 0 Å². The van der Waals surface area contributed by atoms with Crippen LogP contribution in [0.25, 0.3) is 0 Å². The Bertz CT molecular complexity index is 261. The fourth-order valence-electron chi connectivity index (χ4n) is 0.853. The highest BCUT2D eigenvalue weighted by atomic mass is 16.4. The third kappa shape index (κ3) is 1.70. The smallest absolute Gasteiger partial charge is 0.333 e. The van der Waals surface area contributed by atoms with E-state index in [1.165, 1.54) is 0 Å². The third-order valence-electron chi connectivity index (χ3n) is 1.45. The van der Waals surface area contributed by atoms with Crippen molar-refractivity contribution in [1.29, 1.82) is 0 Å². The lowest BCUT2D eigenvalue weighted by atomic mass is 10.1. The van der Waals surface area contributed by atoms with Gasteiger partial charge < -0.3 is 10.8 Å². The van der Waals surface area contributed by atoms with E-state index < -0.39 is 5.97 Å². The van der Waals surface area contributed by atoms with Crippen LogP contribution in [0.4, 0.5) is 0 Å². The van der Waals surface area contributed by atoms with E-state index in [2.05, 4.69) is 0 Å². The predicted molar refractivity (Wildman–Crippen MR) is 41.7 cm³/mol. The van der Waals surface area contributed by atoms with Gasteiger partial charge in [0, 0.05) is 5.70 Å². The molecule has 0 unspecified atom stereocenters. The molecule has 0 aromatic carbocycles. The van der Waals surface area contributed by atoms with Gasteiger partial charge in [-0.1, -0.05) is 18.2 Å². The maximum Gasteiger partial charge on any atom is 0.333 e. The zero-order valence-electron chi connectivity index (χ0n) is 5.95. The molecule has 0 fully saturated rings. The van der Waals surface area contributed by atoms with Crippen LogP contribution < -0.4 is 5.73 Å². The van der Waals surface area contributed by atoms with Crippen molar-refractivity contribution in [3.8, 4) is 0 Å². The first-order valence-electron chi connectivity index (χ1n) is 3.27. The molecule has 0 aromatic heterocycles. The van der Waals surface area contributed by atoms with Gasteiger partial charge in [-0.15, -0.1) is 0 Å². The standard InChI is InChI=1S/C8H9NO2/c9-7-5-3-1-2-4-6(7)8(10)11/h1-3,5H,4,9H2,(H,10,11). The van der Waals surface area contributed by atoms with Crippen molar-refractivity contribution < 1.29 is 9.90 Å². The number of carboxylic acids is 1. The zero-order valence-corrected chi connectivity index (χ0v) is 5.95. The van der Waals surface area contributed by atoms with E-state index in [1.807, 2.05) is 0 Å². The minimum Gasteiger partial charge on any atom is -0.478 e. The second-order valence-electron chi connectivity index (χ2n) is 2.23. The van der Waals surface area contributed by atoms with E-state index in [0.29, 0.717) is 12.1 Å². The molecular weight excluding hydrogens is 142 g/mol. The summed E-state index contributed by atoms with van der Waals surface area (Å²) in [5.41, 5.74) is 6.05. The van der Waals surface area contributed by atoms with Gasteiger partial charge in [0.1, 0.15) is 0 Å². The van der Waals surface area contributed by atoms with Crippen LogP contribution in [0.2, 0.25) is 0 Å². The van der Waals surface area contributed by atoms with Gasteiger partial charge in [-0.3, -0.25) is 0 Å². The maximum atomic E-state index is 10.5. The van der Waals surface area contributed by atoms with E-state index in [1.54, 1.807) is 24.3 Å². The molecule has 0 spiro atoms. The van der Waals surface area contributed by atoms with Gasteiger partial charge in [0.15, 0.2) is 0 Å². The summed E-state index contributed by atoms with van der Waals surface area (Å²) in [6.45, 7) is 0.